The van der Waals surface area contributed by atoms with E-state index in [1.54, 1.807) is 34.1 Å². The number of nitrogens with one attached hydrogen (secondary N) is 1. The first-order valence-corrected chi connectivity index (χ1v) is 12.2. The number of anilines is 1. The number of rotatable bonds is 6. The van der Waals surface area contributed by atoms with Gasteiger partial charge in [-0.1, -0.05) is 41.0 Å². The SMILES string of the molecule is O=C(CSc1nc(=O)n(Cc2cccs2)c2c1CCCC2)Nc1ccc(Cl)c(Cl)c1. The third-order valence-corrected chi connectivity index (χ3v) is 7.51. The summed E-state index contributed by atoms with van der Waals surface area (Å²) in [4.78, 5) is 30.6. The molecule has 9 heteroatoms. The van der Waals surface area contributed by atoms with Crippen LogP contribution in [-0.2, 0) is 24.2 Å². The predicted octanol–water partition coefficient (Wildman–Crippen LogP) is 5.27. The molecule has 1 aliphatic carbocycles. The zero-order chi connectivity index (χ0) is 21.1. The lowest BCUT2D eigenvalue weighted by Gasteiger charge is -2.22. The quantitative estimate of drug-likeness (QED) is 0.386. The maximum absolute atomic E-state index is 12.8. The summed E-state index contributed by atoms with van der Waals surface area (Å²) >= 11 is 14.9. The van der Waals surface area contributed by atoms with Crippen molar-refractivity contribution >= 4 is 57.9 Å². The van der Waals surface area contributed by atoms with Crippen molar-refractivity contribution in [3.05, 3.63) is 72.4 Å². The summed E-state index contributed by atoms with van der Waals surface area (Å²) in [6.07, 6.45) is 3.86. The van der Waals surface area contributed by atoms with Gasteiger partial charge in [-0.2, -0.15) is 4.98 Å². The van der Waals surface area contributed by atoms with Gasteiger partial charge in [0, 0.05) is 21.8 Å². The minimum atomic E-state index is -0.253. The topological polar surface area (TPSA) is 64.0 Å². The fraction of sp³-hybridized carbons (Fsp3) is 0.286. The molecule has 4 rings (SSSR count). The molecule has 0 fully saturated rings. The van der Waals surface area contributed by atoms with E-state index in [4.69, 9.17) is 23.2 Å². The van der Waals surface area contributed by atoms with Gasteiger partial charge in [0.15, 0.2) is 0 Å². The summed E-state index contributed by atoms with van der Waals surface area (Å²) in [7, 11) is 0. The molecule has 1 N–H and O–H groups in total. The van der Waals surface area contributed by atoms with Gasteiger partial charge in [0.2, 0.25) is 5.91 Å². The number of thioether (sulfide) groups is 1. The summed E-state index contributed by atoms with van der Waals surface area (Å²) in [5.74, 6) is -0.0267. The normalized spacial score (nSPS) is 13.1. The first-order valence-electron chi connectivity index (χ1n) is 9.54. The summed E-state index contributed by atoms with van der Waals surface area (Å²) in [6, 6.07) is 8.96. The van der Waals surface area contributed by atoms with Crippen molar-refractivity contribution in [2.75, 3.05) is 11.1 Å². The van der Waals surface area contributed by atoms with E-state index in [-0.39, 0.29) is 17.3 Å². The van der Waals surface area contributed by atoms with Crippen LogP contribution in [0.3, 0.4) is 0 Å². The van der Waals surface area contributed by atoms with Crippen molar-refractivity contribution in [3.8, 4) is 0 Å². The third-order valence-electron chi connectivity index (χ3n) is 4.89. The lowest BCUT2D eigenvalue weighted by atomic mass is 9.97. The number of halogens is 2. The van der Waals surface area contributed by atoms with E-state index in [2.05, 4.69) is 10.3 Å². The molecule has 0 saturated carbocycles. The largest absolute Gasteiger partial charge is 0.349 e. The molecule has 1 aromatic carbocycles. The average molecular weight is 480 g/mol. The van der Waals surface area contributed by atoms with E-state index in [1.807, 2.05) is 17.5 Å². The lowest BCUT2D eigenvalue weighted by molar-refractivity contribution is -0.113. The highest BCUT2D eigenvalue weighted by atomic mass is 35.5. The summed E-state index contributed by atoms with van der Waals surface area (Å²) in [5, 5.41) is 6.30. The second kappa shape index (κ2) is 9.56. The van der Waals surface area contributed by atoms with Crippen LogP contribution in [0.2, 0.25) is 10.0 Å². The van der Waals surface area contributed by atoms with E-state index in [1.165, 1.54) is 11.8 Å². The second-order valence-electron chi connectivity index (χ2n) is 6.96. The number of hydrogen-bond acceptors (Lipinski definition) is 5. The zero-order valence-corrected chi connectivity index (χ0v) is 19.1. The van der Waals surface area contributed by atoms with Crippen molar-refractivity contribution in [3.63, 3.8) is 0 Å². The van der Waals surface area contributed by atoms with Crippen molar-refractivity contribution in [1.29, 1.82) is 0 Å². The molecule has 0 aliphatic heterocycles. The van der Waals surface area contributed by atoms with Crippen LogP contribution in [-0.4, -0.2) is 21.2 Å². The van der Waals surface area contributed by atoms with Gasteiger partial charge in [0.25, 0.3) is 0 Å². The fourth-order valence-electron chi connectivity index (χ4n) is 3.49. The van der Waals surface area contributed by atoms with E-state index < -0.39 is 0 Å². The Morgan fingerprint density at radius 3 is 2.80 bits per heavy atom. The molecule has 2 heterocycles. The number of benzene rings is 1. The molecular weight excluding hydrogens is 461 g/mol. The van der Waals surface area contributed by atoms with E-state index >= 15 is 0 Å². The molecule has 156 valence electrons. The van der Waals surface area contributed by atoms with E-state index in [9.17, 15) is 9.59 Å². The Morgan fingerprint density at radius 2 is 2.03 bits per heavy atom. The molecular formula is C21H19Cl2N3O2S2. The monoisotopic (exact) mass is 479 g/mol. The predicted molar refractivity (Wildman–Crippen MR) is 124 cm³/mol. The Balaban J connectivity index is 1.51. The lowest BCUT2D eigenvalue weighted by Crippen LogP contribution is -2.30. The zero-order valence-electron chi connectivity index (χ0n) is 16.0. The van der Waals surface area contributed by atoms with Gasteiger partial charge in [-0.15, -0.1) is 11.3 Å². The van der Waals surface area contributed by atoms with Crippen molar-refractivity contribution in [2.24, 2.45) is 0 Å². The van der Waals surface area contributed by atoms with Crippen LogP contribution in [0.4, 0.5) is 5.69 Å². The van der Waals surface area contributed by atoms with Gasteiger partial charge in [-0.05, 0) is 55.3 Å². The van der Waals surface area contributed by atoms with Gasteiger partial charge in [-0.3, -0.25) is 9.36 Å². The Kier molecular flexibility index (Phi) is 6.83. The molecule has 0 bridgehead atoms. The number of fused-ring (bicyclic) bond motifs is 1. The van der Waals surface area contributed by atoms with Crippen molar-refractivity contribution in [2.45, 2.75) is 37.3 Å². The highest BCUT2D eigenvalue weighted by molar-refractivity contribution is 8.00. The molecule has 0 atom stereocenters. The minimum Gasteiger partial charge on any atom is -0.325 e. The molecule has 0 radical (unpaired) electrons. The Labute approximate surface area is 192 Å². The number of thiophene rings is 1. The number of amides is 1. The average Bonchev–Trinajstić information content (AvgIpc) is 3.25. The highest BCUT2D eigenvalue weighted by Crippen LogP contribution is 2.29. The van der Waals surface area contributed by atoms with Gasteiger partial charge in [0.05, 0.1) is 22.3 Å². The van der Waals surface area contributed by atoms with Gasteiger partial charge >= 0.3 is 5.69 Å². The minimum absolute atomic E-state index is 0.161. The number of nitrogens with zero attached hydrogens (tertiary/aromatic N) is 2. The molecule has 0 unspecified atom stereocenters. The maximum atomic E-state index is 12.8. The second-order valence-corrected chi connectivity index (χ2v) is 9.77. The van der Waals surface area contributed by atoms with Gasteiger partial charge < -0.3 is 5.32 Å². The smallest absolute Gasteiger partial charge is 0.325 e. The molecule has 3 aromatic rings. The van der Waals surface area contributed by atoms with Crippen LogP contribution in [0.15, 0.2) is 45.5 Å². The Morgan fingerprint density at radius 1 is 1.20 bits per heavy atom. The van der Waals surface area contributed by atoms with Crippen LogP contribution in [0.1, 0.15) is 29.0 Å². The van der Waals surface area contributed by atoms with Crippen LogP contribution < -0.4 is 11.0 Å². The number of carbonyl (C=O) groups is 1. The van der Waals surface area contributed by atoms with Crippen LogP contribution in [0.5, 0.6) is 0 Å². The summed E-state index contributed by atoms with van der Waals surface area (Å²) in [5.41, 5.74) is 2.49. The molecule has 30 heavy (non-hydrogen) atoms. The molecule has 1 amide bonds. The standard InChI is InChI=1S/C21H19Cl2N3O2S2/c22-16-8-7-13(10-17(16)23)24-19(27)12-30-20-15-5-1-2-6-18(15)26(21(28)25-20)11-14-4-3-9-29-14/h3-4,7-10H,1-2,5-6,11-12H2,(H,24,27). The third kappa shape index (κ3) is 4.91. The summed E-state index contributed by atoms with van der Waals surface area (Å²) < 4.78 is 1.79. The molecule has 1 aliphatic rings. The molecule has 0 spiro atoms. The van der Waals surface area contributed by atoms with Crippen LogP contribution in [0.25, 0.3) is 0 Å². The van der Waals surface area contributed by atoms with Gasteiger partial charge in [0.1, 0.15) is 5.03 Å². The van der Waals surface area contributed by atoms with Crippen molar-refractivity contribution < 1.29 is 4.79 Å². The van der Waals surface area contributed by atoms with E-state index in [0.29, 0.717) is 27.3 Å². The van der Waals surface area contributed by atoms with Crippen LogP contribution >= 0.6 is 46.3 Å². The fourth-order valence-corrected chi connectivity index (χ4v) is 5.36. The first kappa shape index (κ1) is 21.4. The summed E-state index contributed by atoms with van der Waals surface area (Å²) in [6.45, 7) is 0.550. The van der Waals surface area contributed by atoms with Crippen molar-refractivity contribution in [1.82, 2.24) is 9.55 Å². The molecule has 5 nitrogen and oxygen atoms in total. The number of hydrogen-bond donors (Lipinski definition) is 1. The van der Waals surface area contributed by atoms with E-state index in [0.717, 1.165) is 41.8 Å². The Hall–Kier alpha value is -1.80. The Bertz CT molecular complexity index is 1130. The molecule has 0 saturated heterocycles. The number of aromatic nitrogens is 2. The maximum Gasteiger partial charge on any atom is 0.349 e. The highest BCUT2D eigenvalue weighted by Gasteiger charge is 2.21. The first-order chi connectivity index (χ1) is 14.5. The van der Waals surface area contributed by atoms with Crippen LogP contribution in [0, 0.1) is 0 Å². The van der Waals surface area contributed by atoms with Gasteiger partial charge in [-0.25, -0.2) is 4.79 Å². The number of carbonyl (C=O) groups excluding carboxylic acids is 1. The molecule has 2 aromatic heterocycles.